The summed E-state index contributed by atoms with van der Waals surface area (Å²) in [5.41, 5.74) is 1.74. The predicted molar refractivity (Wildman–Crippen MR) is 120 cm³/mol. The van der Waals surface area contributed by atoms with Crippen molar-refractivity contribution in [3.05, 3.63) is 59.7 Å². The van der Waals surface area contributed by atoms with Gasteiger partial charge in [-0.05, 0) is 56.2 Å². The van der Waals surface area contributed by atoms with Gasteiger partial charge in [0.2, 0.25) is 11.8 Å². The summed E-state index contributed by atoms with van der Waals surface area (Å²) < 4.78 is 10.5. The number of amides is 2. The zero-order valence-corrected chi connectivity index (χ0v) is 19.1. The Labute approximate surface area is 184 Å². The number of carbonyl (C=O) groups excluding carboxylic acids is 2. The molecule has 3 rings (SSSR count). The largest absolute Gasteiger partial charge is 0.497 e. The van der Waals surface area contributed by atoms with Crippen LogP contribution in [0.4, 0.5) is 0 Å². The maximum absolute atomic E-state index is 13.5. The summed E-state index contributed by atoms with van der Waals surface area (Å²) in [5, 5.41) is 0. The van der Waals surface area contributed by atoms with Gasteiger partial charge in [-0.1, -0.05) is 24.3 Å². The molecule has 2 aromatic carbocycles. The van der Waals surface area contributed by atoms with Gasteiger partial charge in [0, 0.05) is 31.6 Å². The van der Waals surface area contributed by atoms with E-state index in [1.165, 1.54) is 0 Å². The van der Waals surface area contributed by atoms with Crippen LogP contribution in [0.3, 0.4) is 0 Å². The second-order valence-corrected chi connectivity index (χ2v) is 8.97. The van der Waals surface area contributed by atoms with Crippen molar-refractivity contribution in [3.63, 3.8) is 0 Å². The minimum absolute atomic E-state index is 0.00624. The first-order chi connectivity index (χ1) is 14.7. The molecule has 166 valence electrons. The first-order valence-corrected chi connectivity index (χ1v) is 10.6. The van der Waals surface area contributed by atoms with Crippen molar-refractivity contribution in [2.75, 3.05) is 20.8 Å². The first-order valence-electron chi connectivity index (χ1n) is 10.6. The molecule has 1 fully saturated rings. The van der Waals surface area contributed by atoms with Crippen molar-refractivity contribution < 1.29 is 19.1 Å². The molecular formula is C25H32N2O4. The Balaban J connectivity index is 1.81. The molecule has 1 saturated heterocycles. The Kier molecular flexibility index (Phi) is 6.88. The molecular weight excluding hydrogens is 392 g/mol. The van der Waals surface area contributed by atoms with Crippen molar-refractivity contribution in [1.82, 2.24) is 9.80 Å². The van der Waals surface area contributed by atoms with Crippen LogP contribution in [0.25, 0.3) is 0 Å². The van der Waals surface area contributed by atoms with E-state index in [2.05, 4.69) is 0 Å². The van der Waals surface area contributed by atoms with Gasteiger partial charge in [0.25, 0.3) is 0 Å². The standard InChI is InChI=1S/C25H32N2O4/c1-25(2,3)27-17-20(14-23(27)28)24(29)26(15-18-6-10-21(30-4)11-7-18)16-19-8-12-22(31-5)13-9-19/h6-13,20H,14-17H2,1-5H3. The molecule has 1 heterocycles. The topological polar surface area (TPSA) is 59.1 Å². The number of hydrogen-bond donors (Lipinski definition) is 0. The fraction of sp³-hybridized carbons (Fsp3) is 0.440. The van der Waals surface area contributed by atoms with Crippen LogP contribution in [-0.4, -0.2) is 47.9 Å². The predicted octanol–water partition coefficient (Wildman–Crippen LogP) is 3.88. The highest BCUT2D eigenvalue weighted by molar-refractivity contribution is 5.89. The van der Waals surface area contributed by atoms with E-state index in [-0.39, 0.29) is 29.7 Å². The Bertz CT molecular complexity index is 851. The highest BCUT2D eigenvalue weighted by Gasteiger charge is 2.40. The molecule has 0 N–H and O–H groups in total. The van der Waals surface area contributed by atoms with Gasteiger partial charge >= 0.3 is 0 Å². The van der Waals surface area contributed by atoms with Crippen molar-refractivity contribution >= 4 is 11.8 Å². The lowest BCUT2D eigenvalue weighted by Gasteiger charge is -2.32. The van der Waals surface area contributed by atoms with E-state index in [0.29, 0.717) is 19.6 Å². The molecule has 0 aliphatic carbocycles. The Morgan fingerprint density at radius 1 is 0.935 bits per heavy atom. The second kappa shape index (κ2) is 9.41. The van der Waals surface area contributed by atoms with Gasteiger partial charge in [0.15, 0.2) is 0 Å². The van der Waals surface area contributed by atoms with Crippen LogP contribution < -0.4 is 9.47 Å². The molecule has 2 amide bonds. The molecule has 0 aromatic heterocycles. The number of nitrogens with zero attached hydrogens (tertiary/aromatic N) is 2. The summed E-state index contributed by atoms with van der Waals surface area (Å²) in [6, 6.07) is 15.4. The molecule has 0 saturated carbocycles. The van der Waals surface area contributed by atoms with Crippen LogP contribution >= 0.6 is 0 Å². The zero-order chi connectivity index (χ0) is 22.6. The van der Waals surface area contributed by atoms with E-state index in [1.807, 2.05) is 79.1 Å². The molecule has 1 aliphatic rings. The number of methoxy groups -OCH3 is 2. The van der Waals surface area contributed by atoms with Gasteiger partial charge in [-0.25, -0.2) is 0 Å². The van der Waals surface area contributed by atoms with Gasteiger partial charge in [0.05, 0.1) is 20.1 Å². The van der Waals surface area contributed by atoms with Crippen LogP contribution in [0, 0.1) is 5.92 Å². The third-order valence-corrected chi connectivity index (χ3v) is 5.66. The fourth-order valence-corrected chi connectivity index (χ4v) is 3.89. The maximum atomic E-state index is 13.5. The highest BCUT2D eigenvalue weighted by Crippen LogP contribution is 2.28. The van der Waals surface area contributed by atoms with Gasteiger partial charge < -0.3 is 19.3 Å². The maximum Gasteiger partial charge on any atom is 0.228 e. The molecule has 1 unspecified atom stereocenters. The SMILES string of the molecule is COc1ccc(CN(Cc2ccc(OC)cc2)C(=O)C2CC(=O)N(C(C)(C)C)C2)cc1. The zero-order valence-electron chi connectivity index (χ0n) is 19.1. The quantitative estimate of drug-likeness (QED) is 0.677. The fourth-order valence-electron chi connectivity index (χ4n) is 3.89. The lowest BCUT2D eigenvalue weighted by atomic mass is 10.0. The minimum Gasteiger partial charge on any atom is -0.497 e. The molecule has 0 bridgehead atoms. The van der Waals surface area contributed by atoms with Crippen LogP contribution in [0.1, 0.15) is 38.3 Å². The van der Waals surface area contributed by atoms with E-state index in [4.69, 9.17) is 9.47 Å². The van der Waals surface area contributed by atoms with Crippen LogP contribution in [0.15, 0.2) is 48.5 Å². The molecule has 0 spiro atoms. The van der Waals surface area contributed by atoms with E-state index in [1.54, 1.807) is 14.2 Å². The minimum atomic E-state index is -0.330. The highest BCUT2D eigenvalue weighted by atomic mass is 16.5. The van der Waals surface area contributed by atoms with Crippen molar-refractivity contribution in [3.8, 4) is 11.5 Å². The lowest BCUT2D eigenvalue weighted by molar-refractivity contribution is -0.137. The second-order valence-electron chi connectivity index (χ2n) is 8.97. The summed E-state index contributed by atoms with van der Waals surface area (Å²) in [7, 11) is 3.26. The summed E-state index contributed by atoms with van der Waals surface area (Å²) in [4.78, 5) is 29.7. The Morgan fingerprint density at radius 3 is 1.74 bits per heavy atom. The van der Waals surface area contributed by atoms with Crippen LogP contribution in [0.5, 0.6) is 11.5 Å². The molecule has 1 aliphatic heterocycles. The van der Waals surface area contributed by atoms with E-state index in [9.17, 15) is 9.59 Å². The van der Waals surface area contributed by atoms with E-state index < -0.39 is 0 Å². The summed E-state index contributed by atoms with van der Waals surface area (Å²) in [6.07, 6.45) is 0.262. The first kappa shape index (κ1) is 22.7. The number of likely N-dealkylation sites (tertiary alicyclic amines) is 1. The number of rotatable bonds is 7. The molecule has 2 aromatic rings. The number of hydrogen-bond acceptors (Lipinski definition) is 4. The molecule has 6 nitrogen and oxygen atoms in total. The van der Waals surface area contributed by atoms with Crippen LogP contribution in [-0.2, 0) is 22.7 Å². The third kappa shape index (κ3) is 5.57. The number of benzene rings is 2. The number of ether oxygens (including phenoxy) is 2. The van der Waals surface area contributed by atoms with Crippen molar-refractivity contribution in [1.29, 1.82) is 0 Å². The van der Waals surface area contributed by atoms with E-state index in [0.717, 1.165) is 22.6 Å². The van der Waals surface area contributed by atoms with E-state index >= 15 is 0 Å². The van der Waals surface area contributed by atoms with Crippen molar-refractivity contribution in [2.24, 2.45) is 5.92 Å². The van der Waals surface area contributed by atoms with Gasteiger partial charge in [-0.2, -0.15) is 0 Å². The van der Waals surface area contributed by atoms with Crippen molar-refractivity contribution in [2.45, 2.75) is 45.8 Å². The monoisotopic (exact) mass is 424 g/mol. The van der Waals surface area contributed by atoms with Gasteiger partial charge in [-0.15, -0.1) is 0 Å². The van der Waals surface area contributed by atoms with Gasteiger partial charge in [-0.3, -0.25) is 9.59 Å². The Hall–Kier alpha value is -3.02. The average molecular weight is 425 g/mol. The summed E-state index contributed by atoms with van der Waals surface area (Å²) >= 11 is 0. The molecule has 1 atom stereocenters. The summed E-state index contributed by atoms with van der Waals surface area (Å²) in [5.74, 6) is 1.27. The smallest absolute Gasteiger partial charge is 0.228 e. The lowest BCUT2D eigenvalue weighted by Crippen LogP contribution is -2.43. The molecule has 6 heteroatoms. The summed E-state index contributed by atoms with van der Waals surface area (Å²) in [6.45, 7) is 7.41. The average Bonchev–Trinajstić information content (AvgIpc) is 3.16. The third-order valence-electron chi connectivity index (χ3n) is 5.66. The number of carbonyl (C=O) groups is 2. The van der Waals surface area contributed by atoms with Crippen LogP contribution in [0.2, 0.25) is 0 Å². The normalized spacial score (nSPS) is 16.4. The molecule has 0 radical (unpaired) electrons. The molecule has 31 heavy (non-hydrogen) atoms. The van der Waals surface area contributed by atoms with Gasteiger partial charge in [0.1, 0.15) is 11.5 Å². The Morgan fingerprint density at radius 2 is 1.39 bits per heavy atom.